The molecule has 0 spiro atoms. The first kappa shape index (κ1) is 20.4. The SMILES string of the molecule is CS(=O)(=O)c1ccc(Br)c(S(=O)(=O)NCCCc2nc3ccccc3s2)c1. The predicted molar refractivity (Wildman–Crippen MR) is 110 cm³/mol. The third-order valence-electron chi connectivity index (χ3n) is 3.82. The maximum atomic E-state index is 12.5. The van der Waals surface area contributed by atoms with Crippen molar-refractivity contribution < 1.29 is 16.8 Å². The van der Waals surface area contributed by atoms with E-state index in [-0.39, 0.29) is 16.3 Å². The second-order valence-corrected chi connectivity index (χ2v) is 11.7. The van der Waals surface area contributed by atoms with Gasteiger partial charge in [0.15, 0.2) is 9.84 Å². The molecule has 1 aromatic heterocycles. The Bertz CT molecular complexity index is 1150. The Morgan fingerprint density at radius 2 is 1.85 bits per heavy atom. The van der Waals surface area contributed by atoms with Crippen molar-refractivity contribution in [1.29, 1.82) is 0 Å². The Morgan fingerprint density at radius 1 is 1.11 bits per heavy atom. The van der Waals surface area contributed by atoms with E-state index in [2.05, 4.69) is 25.6 Å². The van der Waals surface area contributed by atoms with E-state index in [1.54, 1.807) is 11.3 Å². The molecule has 144 valence electrons. The molecule has 6 nitrogen and oxygen atoms in total. The zero-order valence-electron chi connectivity index (χ0n) is 14.3. The first-order valence-corrected chi connectivity index (χ1v) is 13.0. The van der Waals surface area contributed by atoms with Crippen LogP contribution in [-0.2, 0) is 26.3 Å². The maximum absolute atomic E-state index is 12.5. The van der Waals surface area contributed by atoms with Gasteiger partial charge in [0.2, 0.25) is 10.0 Å². The van der Waals surface area contributed by atoms with Crippen LogP contribution in [-0.4, -0.2) is 34.6 Å². The number of rotatable bonds is 7. The van der Waals surface area contributed by atoms with E-state index in [1.165, 1.54) is 12.1 Å². The van der Waals surface area contributed by atoms with Crippen molar-refractivity contribution in [2.45, 2.75) is 22.6 Å². The molecule has 3 rings (SSSR count). The van der Waals surface area contributed by atoms with E-state index < -0.39 is 19.9 Å². The number of para-hydroxylation sites is 1. The summed E-state index contributed by atoms with van der Waals surface area (Å²) >= 11 is 4.77. The van der Waals surface area contributed by atoms with E-state index in [4.69, 9.17) is 0 Å². The zero-order valence-corrected chi connectivity index (χ0v) is 18.4. The molecule has 0 aliphatic heterocycles. The lowest BCUT2D eigenvalue weighted by Gasteiger charge is -2.09. The van der Waals surface area contributed by atoms with Gasteiger partial charge in [-0.3, -0.25) is 0 Å². The number of aryl methyl sites for hydroxylation is 1. The topological polar surface area (TPSA) is 93.2 Å². The number of benzene rings is 2. The lowest BCUT2D eigenvalue weighted by molar-refractivity contribution is 0.578. The molecular formula is C17H17BrN2O4S3. The Balaban J connectivity index is 1.66. The molecule has 0 unspecified atom stereocenters. The van der Waals surface area contributed by atoms with Crippen LogP contribution in [0.3, 0.4) is 0 Å². The van der Waals surface area contributed by atoms with Gasteiger partial charge in [0.05, 0.1) is 25.0 Å². The fourth-order valence-electron chi connectivity index (χ4n) is 2.47. The Kier molecular flexibility index (Phi) is 6.02. The van der Waals surface area contributed by atoms with E-state index in [0.717, 1.165) is 27.5 Å². The summed E-state index contributed by atoms with van der Waals surface area (Å²) in [5, 5.41) is 0.954. The number of thiazole rings is 1. The molecule has 0 bridgehead atoms. The van der Waals surface area contributed by atoms with Gasteiger partial charge in [-0.15, -0.1) is 11.3 Å². The summed E-state index contributed by atoms with van der Waals surface area (Å²) in [5.41, 5.74) is 0.944. The van der Waals surface area contributed by atoms with Gasteiger partial charge in [-0.2, -0.15) is 0 Å². The van der Waals surface area contributed by atoms with Crippen LogP contribution in [0.25, 0.3) is 10.2 Å². The van der Waals surface area contributed by atoms with Gasteiger partial charge in [0.1, 0.15) is 0 Å². The summed E-state index contributed by atoms with van der Waals surface area (Å²) < 4.78 is 52.4. The number of sulfone groups is 1. The Hall–Kier alpha value is -1.33. The van der Waals surface area contributed by atoms with E-state index >= 15 is 0 Å². The van der Waals surface area contributed by atoms with E-state index in [1.807, 2.05) is 24.3 Å². The number of hydrogen-bond acceptors (Lipinski definition) is 6. The van der Waals surface area contributed by atoms with Crippen LogP contribution in [0.1, 0.15) is 11.4 Å². The summed E-state index contributed by atoms with van der Waals surface area (Å²) in [6, 6.07) is 11.8. The summed E-state index contributed by atoms with van der Waals surface area (Å²) in [7, 11) is -7.33. The van der Waals surface area contributed by atoms with Crippen molar-refractivity contribution in [2.24, 2.45) is 0 Å². The number of sulfonamides is 1. The Labute approximate surface area is 170 Å². The van der Waals surface area contributed by atoms with Crippen molar-refractivity contribution in [1.82, 2.24) is 9.71 Å². The van der Waals surface area contributed by atoms with Crippen LogP contribution >= 0.6 is 27.3 Å². The van der Waals surface area contributed by atoms with Crippen LogP contribution in [0, 0.1) is 0 Å². The normalized spacial score (nSPS) is 12.5. The third-order valence-corrected chi connectivity index (χ3v) is 8.48. The predicted octanol–water partition coefficient (Wildman–Crippen LogP) is 3.37. The molecule has 10 heteroatoms. The summed E-state index contributed by atoms with van der Waals surface area (Å²) in [6.45, 7) is 0.230. The average Bonchev–Trinajstić information content (AvgIpc) is 3.01. The van der Waals surface area contributed by atoms with Gasteiger partial charge in [-0.05, 0) is 52.7 Å². The maximum Gasteiger partial charge on any atom is 0.241 e. The highest BCUT2D eigenvalue weighted by molar-refractivity contribution is 9.10. The fraction of sp³-hybridized carbons (Fsp3) is 0.235. The lowest BCUT2D eigenvalue weighted by Crippen LogP contribution is -2.25. The molecule has 27 heavy (non-hydrogen) atoms. The minimum atomic E-state index is -3.83. The largest absolute Gasteiger partial charge is 0.241 e. The first-order valence-electron chi connectivity index (χ1n) is 8.00. The third kappa shape index (κ3) is 4.94. The highest BCUT2D eigenvalue weighted by atomic mass is 79.9. The highest BCUT2D eigenvalue weighted by Crippen LogP contribution is 2.25. The van der Waals surface area contributed by atoms with Crippen molar-refractivity contribution in [2.75, 3.05) is 12.8 Å². The molecule has 0 amide bonds. The van der Waals surface area contributed by atoms with Crippen LogP contribution in [0.5, 0.6) is 0 Å². The second-order valence-electron chi connectivity index (χ2n) is 5.94. The molecule has 0 aliphatic rings. The van der Waals surface area contributed by atoms with Crippen molar-refractivity contribution >= 4 is 57.3 Å². The molecule has 1 N–H and O–H groups in total. The van der Waals surface area contributed by atoms with Crippen LogP contribution in [0.15, 0.2) is 56.7 Å². The van der Waals surface area contributed by atoms with Crippen LogP contribution < -0.4 is 4.72 Å². The number of hydrogen-bond donors (Lipinski definition) is 1. The van der Waals surface area contributed by atoms with Crippen molar-refractivity contribution in [3.8, 4) is 0 Å². The van der Waals surface area contributed by atoms with Crippen LogP contribution in [0.4, 0.5) is 0 Å². The van der Waals surface area contributed by atoms with Gasteiger partial charge in [0, 0.05) is 23.7 Å². The number of nitrogens with zero attached hydrogens (tertiary/aromatic N) is 1. The van der Waals surface area contributed by atoms with Gasteiger partial charge < -0.3 is 0 Å². The molecule has 0 atom stereocenters. The monoisotopic (exact) mass is 488 g/mol. The first-order chi connectivity index (χ1) is 12.7. The van der Waals surface area contributed by atoms with Gasteiger partial charge in [-0.25, -0.2) is 26.5 Å². The van der Waals surface area contributed by atoms with Gasteiger partial charge in [0.25, 0.3) is 0 Å². The minimum Gasteiger partial charge on any atom is -0.241 e. The van der Waals surface area contributed by atoms with E-state index in [0.29, 0.717) is 17.3 Å². The molecule has 0 aliphatic carbocycles. The van der Waals surface area contributed by atoms with E-state index in [9.17, 15) is 16.8 Å². The quantitative estimate of drug-likeness (QED) is 0.514. The molecule has 0 saturated heterocycles. The van der Waals surface area contributed by atoms with Crippen molar-refractivity contribution in [3.05, 3.63) is 51.9 Å². The number of aromatic nitrogens is 1. The number of fused-ring (bicyclic) bond motifs is 1. The number of halogens is 1. The Morgan fingerprint density at radius 3 is 2.56 bits per heavy atom. The number of nitrogens with one attached hydrogen (secondary N) is 1. The molecule has 0 radical (unpaired) electrons. The molecule has 0 saturated carbocycles. The lowest BCUT2D eigenvalue weighted by atomic mass is 10.3. The van der Waals surface area contributed by atoms with Crippen molar-refractivity contribution in [3.63, 3.8) is 0 Å². The molecule has 2 aromatic carbocycles. The fourth-order valence-corrected chi connectivity index (χ4v) is 6.26. The highest BCUT2D eigenvalue weighted by Gasteiger charge is 2.20. The standard InChI is InChI=1S/C17H17BrN2O4S3/c1-26(21,22)12-8-9-13(18)16(11-12)27(23,24)19-10-4-7-17-20-14-5-2-3-6-15(14)25-17/h2-3,5-6,8-9,11,19H,4,7,10H2,1H3. The summed E-state index contributed by atoms with van der Waals surface area (Å²) in [5.74, 6) is 0. The van der Waals surface area contributed by atoms with Gasteiger partial charge >= 0.3 is 0 Å². The summed E-state index contributed by atoms with van der Waals surface area (Å²) in [6.07, 6.45) is 2.28. The van der Waals surface area contributed by atoms with Gasteiger partial charge in [-0.1, -0.05) is 12.1 Å². The molecule has 1 heterocycles. The minimum absolute atomic E-state index is 0.0412. The summed E-state index contributed by atoms with van der Waals surface area (Å²) in [4.78, 5) is 4.39. The second kappa shape index (κ2) is 7.96. The average molecular weight is 489 g/mol. The zero-order chi connectivity index (χ0) is 19.7. The molecule has 0 fully saturated rings. The smallest absolute Gasteiger partial charge is 0.241 e. The molecule has 3 aromatic rings. The molecular weight excluding hydrogens is 472 g/mol. The van der Waals surface area contributed by atoms with Crippen LogP contribution in [0.2, 0.25) is 0 Å².